The average Bonchev–Trinajstić information content (AvgIpc) is 3.44. The van der Waals surface area contributed by atoms with E-state index in [1.165, 1.54) is 12.0 Å². The molecule has 180 valence electrons. The van der Waals surface area contributed by atoms with Crippen LogP contribution in [0.15, 0.2) is 95.0 Å². The first-order chi connectivity index (χ1) is 17.5. The normalized spacial score (nSPS) is 16.8. The lowest BCUT2D eigenvalue weighted by molar-refractivity contribution is -0.132. The highest BCUT2D eigenvalue weighted by Gasteiger charge is 2.48. The molecule has 4 aromatic rings. The number of hydrogen-bond donors (Lipinski definition) is 1. The van der Waals surface area contributed by atoms with Gasteiger partial charge >= 0.3 is 5.91 Å². The smallest absolute Gasteiger partial charge is 0.301 e. The molecule has 2 heterocycles. The molecule has 3 aromatic carbocycles. The van der Waals surface area contributed by atoms with E-state index in [4.69, 9.17) is 14.0 Å². The van der Waals surface area contributed by atoms with E-state index in [1.807, 2.05) is 30.3 Å². The number of anilines is 1. The standard InChI is InChI=1S/C28H22N2O6/c1-17-15-23(29-36-17)30-25(19-7-6-10-22(16-19)35-21-8-4-3-5-9-21)24(27(32)28(30)33)26(31)18-11-13-20(34-2)14-12-18/h3-16,25,31H,1-2H3/b26-24+. The van der Waals surface area contributed by atoms with Crippen molar-refractivity contribution in [1.82, 2.24) is 5.16 Å². The molecule has 1 aliphatic heterocycles. The Balaban J connectivity index is 1.64. The molecule has 0 saturated carbocycles. The number of Topliss-reactive ketones (excluding diaryl/α,β-unsaturated/α-hetero) is 1. The van der Waals surface area contributed by atoms with Crippen LogP contribution in [0.4, 0.5) is 5.82 Å². The number of aryl methyl sites for hydroxylation is 1. The molecule has 1 N–H and O–H groups in total. The van der Waals surface area contributed by atoms with E-state index in [0.717, 1.165) is 0 Å². The van der Waals surface area contributed by atoms with Crippen LogP contribution < -0.4 is 14.4 Å². The van der Waals surface area contributed by atoms with Gasteiger partial charge in [-0.15, -0.1) is 0 Å². The number of carbonyl (C=O) groups is 2. The van der Waals surface area contributed by atoms with E-state index in [1.54, 1.807) is 61.5 Å². The van der Waals surface area contributed by atoms with Gasteiger partial charge in [0.25, 0.3) is 5.78 Å². The molecule has 1 unspecified atom stereocenters. The highest BCUT2D eigenvalue weighted by Crippen LogP contribution is 2.43. The highest BCUT2D eigenvalue weighted by atomic mass is 16.5. The van der Waals surface area contributed by atoms with Crippen LogP contribution in [0.5, 0.6) is 17.2 Å². The third-order valence-electron chi connectivity index (χ3n) is 5.82. The van der Waals surface area contributed by atoms with E-state index in [2.05, 4.69) is 5.16 Å². The van der Waals surface area contributed by atoms with Crippen LogP contribution in [0.25, 0.3) is 5.76 Å². The largest absolute Gasteiger partial charge is 0.507 e. The molecule has 0 spiro atoms. The number of amides is 1. The fourth-order valence-electron chi connectivity index (χ4n) is 4.13. The van der Waals surface area contributed by atoms with Gasteiger partial charge in [0.1, 0.15) is 28.8 Å². The molecule has 8 nitrogen and oxygen atoms in total. The molecule has 1 aromatic heterocycles. The Morgan fingerprint density at radius 3 is 2.31 bits per heavy atom. The molecule has 1 saturated heterocycles. The summed E-state index contributed by atoms with van der Waals surface area (Å²) >= 11 is 0. The number of nitrogens with zero attached hydrogens (tertiary/aromatic N) is 2. The summed E-state index contributed by atoms with van der Waals surface area (Å²) in [5.41, 5.74) is 0.854. The predicted octanol–water partition coefficient (Wildman–Crippen LogP) is 5.41. The number of ketones is 1. The molecule has 0 aliphatic carbocycles. The second-order valence-electron chi connectivity index (χ2n) is 8.18. The van der Waals surface area contributed by atoms with Gasteiger partial charge in [0, 0.05) is 11.6 Å². The van der Waals surface area contributed by atoms with Crippen molar-refractivity contribution in [2.45, 2.75) is 13.0 Å². The SMILES string of the molecule is COc1ccc(/C(O)=C2\C(=O)C(=O)N(c3cc(C)on3)C2c2cccc(Oc3ccccc3)c2)cc1. The number of aliphatic hydroxyl groups is 1. The van der Waals surface area contributed by atoms with Gasteiger partial charge in [-0.2, -0.15) is 0 Å². The molecule has 0 radical (unpaired) electrons. The summed E-state index contributed by atoms with van der Waals surface area (Å²) in [4.78, 5) is 27.7. The third kappa shape index (κ3) is 4.20. The summed E-state index contributed by atoms with van der Waals surface area (Å²) in [5.74, 6) is 0.412. The maximum atomic E-state index is 13.3. The van der Waals surface area contributed by atoms with E-state index >= 15 is 0 Å². The summed E-state index contributed by atoms with van der Waals surface area (Å²) in [6.07, 6.45) is 0. The lowest BCUT2D eigenvalue weighted by atomic mass is 9.95. The molecule has 1 aliphatic rings. The van der Waals surface area contributed by atoms with Gasteiger partial charge in [-0.05, 0) is 61.0 Å². The van der Waals surface area contributed by atoms with Gasteiger partial charge in [0.05, 0.1) is 18.7 Å². The Bertz CT molecular complexity index is 1460. The van der Waals surface area contributed by atoms with Crippen LogP contribution in [0.2, 0.25) is 0 Å². The van der Waals surface area contributed by atoms with Gasteiger partial charge in [-0.25, -0.2) is 0 Å². The van der Waals surface area contributed by atoms with Crippen molar-refractivity contribution in [3.05, 3.63) is 107 Å². The molecule has 1 atom stereocenters. The van der Waals surface area contributed by atoms with Crippen molar-refractivity contribution >= 4 is 23.3 Å². The molecule has 1 amide bonds. The summed E-state index contributed by atoms with van der Waals surface area (Å²) in [7, 11) is 1.53. The minimum Gasteiger partial charge on any atom is -0.507 e. The summed E-state index contributed by atoms with van der Waals surface area (Å²) in [6, 6.07) is 23.4. The van der Waals surface area contributed by atoms with E-state index in [9.17, 15) is 14.7 Å². The van der Waals surface area contributed by atoms with Crippen LogP contribution in [-0.2, 0) is 9.59 Å². The molecular weight excluding hydrogens is 460 g/mol. The van der Waals surface area contributed by atoms with Crippen molar-refractivity contribution in [1.29, 1.82) is 0 Å². The minimum atomic E-state index is -0.962. The zero-order valence-corrected chi connectivity index (χ0v) is 19.5. The van der Waals surface area contributed by atoms with Crippen molar-refractivity contribution in [3.8, 4) is 17.2 Å². The molecule has 5 rings (SSSR count). The van der Waals surface area contributed by atoms with Crippen LogP contribution in [0, 0.1) is 6.92 Å². The lowest BCUT2D eigenvalue weighted by Gasteiger charge is -2.23. The topological polar surface area (TPSA) is 102 Å². The van der Waals surface area contributed by atoms with Gasteiger partial charge in [0.15, 0.2) is 5.82 Å². The molecule has 1 fully saturated rings. The number of carbonyl (C=O) groups excluding carboxylic acids is 2. The minimum absolute atomic E-state index is 0.0670. The number of rotatable bonds is 6. The maximum absolute atomic E-state index is 13.3. The summed E-state index contributed by atoms with van der Waals surface area (Å²) in [5, 5.41) is 15.2. The number of aromatic nitrogens is 1. The van der Waals surface area contributed by atoms with Gasteiger partial charge in [-0.1, -0.05) is 35.5 Å². The number of ether oxygens (including phenoxy) is 2. The van der Waals surface area contributed by atoms with Crippen molar-refractivity contribution in [2.24, 2.45) is 0 Å². The second kappa shape index (κ2) is 9.42. The molecule has 8 heteroatoms. The first kappa shape index (κ1) is 22.9. The third-order valence-corrected chi connectivity index (χ3v) is 5.82. The van der Waals surface area contributed by atoms with Crippen LogP contribution in [-0.4, -0.2) is 29.1 Å². The summed E-state index contributed by atoms with van der Waals surface area (Å²) in [6.45, 7) is 1.69. The second-order valence-corrected chi connectivity index (χ2v) is 8.18. The van der Waals surface area contributed by atoms with Crippen LogP contribution in [0.3, 0.4) is 0 Å². The average molecular weight is 482 g/mol. The van der Waals surface area contributed by atoms with Crippen molar-refractivity contribution in [3.63, 3.8) is 0 Å². The maximum Gasteiger partial charge on any atom is 0.301 e. The number of methoxy groups -OCH3 is 1. The molecular formula is C28H22N2O6. The Hall–Kier alpha value is -4.85. The van der Waals surface area contributed by atoms with E-state index < -0.39 is 17.7 Å². The Morgan fingerprint density at radius 1 is 0.917 bits per heavy atom. The monoisotopic (exact) mass is 482 g/mol. The highest BCUT2D eigenvalue weighted by molar-refractivity contribution is 6.51. The molecule has 0 bridgehead atoms. The number of aliphatic hydroxyl groups excluding tert-OH is 1. The Labute approximate surface area is 207 Å². The fraction of sp³-hybridized carbons (Fsp3) is 0.107. The van der Waals surface area contributed by atoms with Gasteiger partial charge < -0.3 is 19.1 Å². The van der Waals surface area contributed by atoms with Gasteiger partial charge in [-0.3, -0.25) is 14.5 Å². The Kier molecular flexibility index (Phi) is 6.00. The number of benzene rings is 3. The van der Waals surface area contributed by atoms with E-state index in [-0.39, 0.29) is 17.2 Å². The Morgan fingerprint density at radius 2 is 1.64 bits per heavy atom. The first-order valence-corrected chi connectivity index (χ1v) is 11.2. The quantitative estimate of drug-likeness (QED) is 0.223. The van der Waals surface area contributed by atoms with Gasteiger partial charge in [0.2, 0.25) is 0 Å². The van der Waals surface area contributed by atoms with Crippen LogP contribution in [0.1, 0.15) is 22.9 Å². The van der Waals surface area contributed by atoms with Crippen molar-refractivity contribution < 1.29 is 28.7 Å². The van der Waals surface area contributed by atoms with E-state index in [0.29, 0.717) is 34.1 Å². The summed E-state index contributed by atoms with van der Waals surface area (Å²) < 4.78 is 16.3. The number of para-hydroxylation sites is 1. The first-order valence-electron chi connectivity index (χ1n) is 11.2. The van der Waals surface area contributed by atoms with Crippen molar-refractivity contribution in [2.75, 3.05) is 12.0 Å². The zero-order chi connectivity index (χ0) is 25.2. The predicted molar refractivity (Wildman–Crippen MR) is 132 cm³/mol. The van der Waals surface area contributed by atoms with Crippen LogP contribution >= 0.6 is 0 Å². The number of hydrogen-bond acceptors (Lipinski definition) is 7. The lowest BCUT2D eigenvalue weighted by Crippen LogP contribution is -2.29. The molecule has 36 heavy (non-hydrogen) atoms. The zero-order valence-electron chi connectivity index (χ0n) is 19.5. The fourth-order valence-corrected chi connectivity index (χ4v) is 4.13.